The molecule has 2 aromatic carbocycles. The molecule has 0 unspecified atom stereocenters. The van der Waals surface area contributed by atoms with E-state index in [2.05, 4.69) is 33.6 Å². The molecule has 0 fully saturated rings. The number of rotatable bonds is 5. The Hall–Kier alpha value is -2.42. The van der Waals surface area contributed by atoms with Crippen molar-refractivity contribution in [3.05, 3.63) is 77.4 Å². The van der Waals surface area contributed by atoms with Crippen LogP contribution >= 0.6 is 24.0 Å². The van der Waals surface area contributed by atoms with Crippen molar-refractivity contribution < 1.29 is 4.39 Å². The number of hydrogen-bond acceptors (Lipinski definition) is 2. The topological polar surface area (TPSA) is 68.2 Å². The molecule has 7 heteroatoms. The molecule has 29 heavy (non-hydrogen) atoms. The highest BCUT2D eigenvalue weighted by atomic mass is 127. The van der Waals surface area contributed by atoms with Gasteiger partial charge in [-0.3, -0.25) is 4.99 Å². The van der Waals surface area contributed by atoms with E-state index in [1.54, 1.807) is 16.8 Å². The lowest BCUT2D eigenvalue weighted by Crippen LogP contribution is -2.24. The van der Waals surface area contributed by atoms with Crippen LogP contribution in [0.4, 0.5) is 10.1 Å². The summed E-state index contributed by atoms with van der Waals surface area (Å²) in [6.45, 7) is 0.550. The van der Waals surface area contributed by atoms with Crippen molar-refractivity contribution in [3.63, 3.8) is 0 Å². The van der Waals surface area contributed by atoms with Crippen molar-refractivity contribution in [3.8, 4) is 5.69 Å². The highest BCUT2D eigenvalue weighted by molar-refractivity contribution is 14.0. The van der Waals surface area contributed by atoms with Crippen LogP contribution in [0.2, 0.25) is 0 Å². The Morgan fingerprint density at radius 2 is 1.90 bits per heavy atom. The third-order valence-electron chi connectivity index (χ3n) is 5.04. The molecule has 3 N–H and O–H groups in total. The highest BCUT2D eigenvalue weighted by Crippen LogP contribution is 2.27. The number of aromatic nitrogens is 2. The van der Waals surface area contributed by atoms with E-state index < -0.39 is 0 Å². The van der Waals surface area contributed by atoms with Gasteiger partial charge in [0.05, 0.1) is 11.4 Å². The van der Waals surface area contributed by atoms with E-state index in [0.717, 1.165) is 29.9 Å². The molecule has 0 saturated heterocycles. The summed E-state index contributed by atoms with van der Waals surface area (Å²) < 4.78 is 14.8. The number of benzene rings is 2. The van der Waals surface area contributed by atoms with E-state index in [0.29, 0.717) is 18.9 Å². The van der Waals surface area contributed by atoms with Gasteiger partial charge in [0.1, 0.15) is 5.82 Å². The van der Waals surface area contributed by atoms with Gasteiger partial charge in [0.25, 0.3) is 0 Å². The summed E-state index contributed by atoms with van der Waals surface area (Å²) in [7, 11) is 0. The van der Waals surface area contributed by atoms with Crippen LogP contribution in [0, 0.1) is 5.82 Å². The van der Waals surface area contributed by atoms with E-state index in [1.807, 2.05) is 12.3 Å². The fraction of sp³-hybridized carbons (Fsp3) is 0.273. The molecule has 1 heterocycles. The quantitative estimate of drug-likeness (QED) is 0.306. The van der Waals surface area contributed by atoms with Crippen LogP contribution in [-0.4, -0.2) is 22.3 Å². The van der Waals surface area contributed by atoms with Crippen LogP contribution in [0.15, 0.2) is 59.7 Å². The minimum absolute atomic E-state index is 0. The second kappa shape index (κ2) is 9.87. The van der Waals surface area contributed by atoms with Crippen molar-refractivity contribution in [2.75, 3.05) is 11.9 Å². The highest BCUT2D eigenvalue weighted by Gasteiger charge is 2.13. The molecule has 0 radical (unpaired) electrons. The second-order valence-corrected chi connectivity index (χ2v) is 7.02. The van der Waals surface area contributed by atoms with Gasteiger partial charge < -0.3 is 11.1 Å². The van der Waals surface area contributed by atoms with E-state index >= 15 is 0 Å². The molecule has 0 saturated carbocycles. The molecule has 1 aromatic heterocycles. The molecule has 0 atom stereocenters. The lowest BCUT2D eigenvalue weighted by Gasteiger charge is -2.19. The number of anilines is 1. The summed E-state index contributed by atoms with van der Waals surface area (Å²) >= 11 is 0. The smallest absolute Gasteiger partial charge is 0.193 e. The first-order chi connectivity index (χ1) is 13.7. The zero-order valence-corrected chi connectivity index (χ0v) is 18.5. The van der Waals surface area contributed by atoms with Crippen LogP contribution in [0.5, 0.6) is 0 Å². The van der Waals surface area contributed by atoms with Gasteiger partial charge in [0.2, 0.25) is 0 Å². The number of aliphatic imine (C=N–C) groups is 1. The summed E-state index contributed by atoms with van der Waals surface area (Å²) in [5, 5.41) is 7.77. The Labute approximate surface area is 187 Å². The molecule has 0 spiro atoms. The zero-order valence-electron chi connectivity index (χ0n) is 16.1. The molecule has 0 aliphatic heterocycles. The van der Waals surface area contributed by atoms with Crippen LogP contribution in [0.3, 0.4) is 0 Å². The SMILES string of the molecule is I.NC(=NCCc1ccn(-c2ccc(F)cc2)n1)Nc1cccc2c1CCCC2. The molecule has 1 aliphatic carbocycles. The predicted octanol–water partition coefficient (Wildman–Crippen LogP) is 4.48. The number of hydrogen-bond donors (Lipinski definition) is 2. The van der Waals surface area contributed by atoms with Crippen molar-refractivity contribution >= 4 is 35.6 Å². The summed E-state index contributed by atoms with van der Waals surface area (Å²) in [4.78, 5) is 4.44. The molecule has 1 aliphatic rings. The Bertz CT molecular complexity index is 981. The van der Waals surface area contributed by atoms with Gasteiger partial charge in [-0.1, -0.05) is 12.1 Å². The average Bonchev–Trinajstić information content (AvgIpc) is 3.18. The number of guanidine groups is 1. The van der Waals surface area contributed by atoms with Gasteiger partial charge >= 0.3 is 0 Å². The third-order valence-corrected chi connectivity index (χ3v) is 5.04. The lowest BCUT2D eigenvalue weighted by molar-refractivity contribution is 0.627. The molecule has 3 aromatic rings. The molecule has 0 bridgehead atoms. The zero-order chi connectivity index (χ0) is 19.3. The maximum atomic E-state index is 13.0. The number of nitrogens with zero attached hydrogens (tertiary/aromatic N) is 3. The van der Waals surface area contributed by atoms with Crippen molar-refractivity contribution in [2.24, 2.45) is 10.7 Å². The van der Waals surface area contributed by atoms with E-state index in [1.165, 1.54) is 36.1 Å². The van der Waals surface area contributed by atoms with E-state index in [4.69, 9.17) is 5.73 Å². The first-order valence-electron chi connectivity index (χ1n) is 9.67. The van der Waals surface area contributed by atoms with Crippen LogP contribution in [0.25, 0.3) is 5.69 Å². The first-order valence-corrected chi connectivity index (χ1v) is 9.67. The average molecular weight is 505 g/mol. The fourth-order valence-corrected chi connectivity index (χ4v) is 3.60. The van der Waals surface area contributed by atoms with Gasteiger partial charge in [-0.05, 0) is 73.2 Å². The Kier molecular flexibility index (Phi) is 7.24. The molecular formula is C22H25FIN5. The number of aryl methyl sites for hydroxylation is 1. The van der Waals surface area contributed by atoms with Crippen LogP contribution in [0.1, 0.15) is 29.7 Å². The Morgan fingerprint density at radius 3 is 2.72 bits per heavy atom. The minimum Gasteiger partial charge on any atom is -0.370 e. The van der Waals surface area contributed by atoms with Crippen LogP contribution < -0.4 is 11.1 Å². The number of fused-ring (bicyclic) bond motifs is 1. The van der Waals surface area contributed by atoms with Crippen molar-refractivity contribution in [1.82, 2.24) is 9.78 Å². The Balaban J connectivity index is 0.00000240. The van der Waals surface area contributed by atoms with Gasteiger partial charge in [-0.25, -0.2) is 9.07 Å². The monoisotopic (exact) mass is 505 g/mol. The number of nitrogens with two attached hydrogens (primary N) is 1. The number of halogens is 2. The molecule has 5 nitrogen and oxygen atoms in total. The van der Waals surface area contributed by atoms with Crippen molar-refractivity contribution in [1.29, 1.82) is 0 Å². The molecule has 0 amide bonds. The molecule has 4 rings (SSSR count). The summed E-state index contributed by atoms with van der Waals surface area (Å²) in [5.41, 5.74) is 11.7. The van der Waals surface area contributed by atoms with Gasteiger partial charge in [0.15, 0.2) is 5.96 Å². The standard InChI is InChI=1S/C22H24FN5.HI/c23-17-8-10-19(11-9-17)28-15-13-18(27-28)12-14-25-22(24)26-21-7-3-5-16-4-1-2-6-20(16)21;/h3,5,7-11,13,15H,1-2,4,6,12,14H2,(H3,24,25,26);1H. The lowest BCUT2D eigenvalue weighted by atomic mass is 9.90. The predicted molar refractivity (Wildman–Crippen MR) is 126 cm³/mol. The number of nitrogens with one attached hydrogen (secondary N) is 1. The summed E-state index contributed by atoms with van der Waals surface area (Å²) in [6, 6.07) is 14.5. The maximum absolute atomic E-state index is 13.0. The van der Waals surface area contributed by atoms with Crippen LogP contribution in [-0.2, 0) is 19.3 Å². The van der Waals surface area contributed by atoms with Gasteiger partial charge in [-0.2, -0.15) is 5.10 Å². The van der Waals surface area contributed by atoms with E-state index in [-0.39, 0.29) is 29.8 Å². The summed E-state index contributed by atoms with van der Waals surface area (Å²) in [5.74, 6) is 0.171. The van der Waals surface area contributed by atoms with Crippen molar-refractivity contribution in [2.45, 2.75) is 32.1 Å². The summed E-state index contributed by atoms with van der Waals surface area (Å²) in [6.07, 6.45) is 7.25. The second-order valence-electron chi connectivity index (χ2n) is 7.02. The fourth-order valence-electron chi connectivity index (χ4n) is 3.60. The third kappa shape index (κ3) is 5.35. The Morgan fingerprint density at radius 1 is 1.10 bits per heavy atom. The largest absolute Gasteiger partial charge is 0.370 e. The first kappa shape index (κ1) is 21.3. The molecular weight excluding hydrogens is 480 g/mol. The minimum atomic E-state index is -0.256. The van der Waals surface area contributed by atoms with Gasteiger partial charge in [-0.15, -0.1) is 24.0 Å². The van der Waals surface area contributed by atoms with E-state index in [9.17, 15) is 4.39 Å². The molecule has 152 valence electrons. The normalized spacial score (nSPS) is 13.5. The maximum Gasteiger partial charge on any atom is 0.193 e. The van der Waals surface area contributed by atoms with Gasteiger partial charge in [0, 0.05) is 24.8 Å².